The minimum Gasteiger partial charge on any atom is -0.352 e. The van der Waals surface area contributed by atoms with Crippen molar-refractivity contribution in [3.8, 4) is 0 Å². The maximum Gasteiger partial charge on any atom is 0.312 e. The molecule has 6 nitrogen and oxygen atoms in total. The molecule has 6 heteroatoms. The first kappa shape index (κ1) is 11.4. The van der Waals surface area contributed by atoms with Gasteiger partial charge in [0.2, 0.25) is 0 Å². The summed E-state index contributed by atoms with van der Waals surface area (Å²) in [4.78, 5) is 18.5. The zero-order chi connectivity index (χ0) is 11.1. The number of aromatic nitrogens is 2. The summed E-state index contributed by atoms with van der Waals surface area (Å²) in [5.74, 6) is 0. The third kappa shape index (κ3) is 4.37. The van der Waals surface area contributed by atoms with Crippen molar-refractivity contribution in [2.75, 3.05) is 13.1 Å². The van der Waals surface area contributed by atoms with Crippen LogP contribution in [0.15, 0.2) is 18.6 Å². The number of rotatable bonds is 5. The second-order valence-electron chi connectivity index (χ2n) is 3.10. The van der Waals surface area contributed by atoms with E-state index in [1.165, 1.54) is 0 Å². The summed E-state index contributed by atoms with van der Waals surface area (Å²) in [6, 6.07) is -0.405. The molecule has 0 aliphatic carbocycles. The fourth-order valence-corrected chi connectivity index (χ4v) is 1.11. The molecule has 1 atom stereocenters. The van der Waals surface area contributed by atoms with Gasteiger partial charge >= 0.3 is 6.03 Å². The molecule has 0 aromatic carbocycles. The monoisotopic (exact) mass is 209 g/mol. The van der Waals surface area contributed by atoms with Crippen molar-refractivity contribution in [1.82, 2.24) is 20.6 Å². The normalized spacial score (nSPS) is 12.1. The average molecular weight is 209 g/mol. The molecular weight excluding hydrogens is 194 g/mol. The van der Waals surface area contributed by atoms with Gasteiger partial charge in [0.05, 0.1) is 5.69 Å². The highest BCUT2D eigenvalue weighted by molar-refractivity contribution is 5.71. The number of nitrogens with one attached hydrogen (secondary N) is 2. The largest absolute Gasteiger partial charge is 0.352 e. The Labute approximate surface area is 88.3 Å². The topological polar surface area (TPSA) is 92.9 Å². The summed E-state index contributed by atoms with van der Waals surface area (Å²) in [6.07, 6.45) is 4.99. The zero-order valence-electron chi connectivity index (χ0n) is 8.60. The van der Waals surface area contributed by atoms with Crippen molar-refractivity contribution in [2.45, 2.75) is 13.0 Å². The maximum atomic E-state index is 10.4. The van der Waals surface area contributed by atoms with Gasteiger partial charge in [-0.1, -0.05) is 0 Å². The second-order valence-corrected chi connectivity index (χ2v) is 3.10. The minimum atomic E-state index is -0.510. The Morgan fingerprint density at radius 2 is 2.33 bits per heavy atom. The van der Waals surface area contributed by atoms with Crippen LogP contribution in [0.3, 0.4) is 0 Å². The van der Waals surface area contributed by atoms with Crippen LogP contribution in [0.25, 0.3) is 0 Å². The van der Waals surface area contributed by atoms with E-state index in [4.69, 9.17) is 5.73 Å². The van der Waals surface area contributed by atoms with E-state index in [1.54, 1.807) is 18.6 Å². The third-order valence-corrected chi connectivity index (χ3v) is 1.90. The van der Waals surface area contributed by atoms with Crippen LogP contribution in [-0.4, -0.2) is 29.1 Å². The number of urea groups is 1. The number of nitrogens with two attached hydrogens (primary N) is 1. The van der Waals surface area contributed by atoms with Gasteiger partial charge in [-0.05, 0) is 6.92 Å². The number of amides is 2. The number of hydrogen-bond acceptors (Lipinski definition) is 4. The number of primary amides is 1. The van der Waals surface area contributed by atoms with Gasteiger partial charge in [-0.15, -0.1) is 0 Å². The smallest absolute Gasteiger partial charge is 0.312 e. The molecule has 0 aliphatic rings. The highest BCUT2D eigenvalue weighted by Crippen LogP contribution is 2.04. The molecule has 1 heterocycles. The summed E-state index contributed by atoms with van der Waals surface area (Å²) in [6.45, 7) is 3.12. The van der Waals surface area contributed by atoms with Crippen LogP contribution >= 0.6 is 0 Å². The van der Waals surface area contributed by atoms with Crippen molar-refractivity contribution in [1.29, 1.82) is 0 Å². The molecule has 1 aromatic rings. The van der Waals surface area contributed by atoms with E-state index in [2.05, 4.69) is 20.6 Å². The van der Waals surface area contributed by atoms with Crippen LogP contribution in [0.4, 0.5) is 4.79 Å². The van der Waals surface area contributed by atoms with Gasteiger partial charge in [-0.25, -0.2) is 4.79 Å². The van der Waals surface area contributed by atoms with E-state index in [1.807, 2.05) is 6.92 Å². The zero-order valence-corrected chi connectivity index (χ0v) is 8.60. The molecule has 0 aliphatic heterocycles. The van der Waals surface area contributed by atoms with E-state index in [9.17, 15) is 4.79 Å². The summed E-state index contributed by atoms with van der Waals surface area (Å²) >= 11 is 0. The van der Waals surface area contributed by atoms with E-state index in [0.29, 0.717) is 13.1 Å². The first-order valence-corrected chi connectivity index (χ1v) is 4.72. The van der Waals surface area contributed by atoms with E-state index in [0.717, 1.165) is 5.69 Å². The molecule has 1 aromatic heterocycles. The van der Waals surface area contributed by atoms with Gasteiger partial charge in [0.25, 0.3) is 0 Å². The fourth-order valence-electron chi connectivity index (χ4n) is 1.11. The van der Waals surface area contributed by atoms with E-state index >= 15 is 0 Å². The fraction of sp³-hybridized carbons (Fsp3) is 0.444. The Bertz CT molecular complexity index is 303. The van der Waals surface area contributed by atoms with Crippen LogP contribution < -0.4 is 16.4 Å². The molecule has 0 saturated carbocycles. The number of carbonyl (C=O) groups excluding carboxylic acids is 1. The summed E-state index contributed by atoms with van der Waals surface area (Å²) < 4.78 is 0. The number of carbonyl (C=O) groups is 1. The molecule has 4 N–H and O–H groups in total. The summed E-state index contributed by atoms with van der Waals surface area (Å²) in [5, 5.41) is 5.67. The molecule has 15 heavy (non-hydrogen) atoms. The van der Waals surface area contributed by atoms with Gasteiger partial charge in [-0.3, -0.25) is 9.97 Å². The molecule has 0 radical (unpaired) electrons. The van der Waals surface area contributed by atoms with Crippen molar-refractivity contribution in [2.24, 2.45) is 5.73 Å². The standard InChI is InChI=1S/C9H15N5O/c1-7(8-6-11-2-3-13-8)12-4-5-14-9(10)15/h2-3,6-7,12H,4-5H2,1H3,(H3,10,14,15). The Balaban J connectivity index is 2.25. The summed E-state index contributed by atoms with van der Waals surface area (Å²) in [7, 11) is 0. The van der Waals surface area contributed by atoms with Gasteiger partial charge in [0, 0.05) is 37.7 Å². The Kier molecular flexibility index (Phi) is 4.49. The third-order valence-electron chi connectivity index (χ3n) is 1.90. The second kappa shape index (κ2) is 5.92. The molecule has 0 fully saturated rings. The molecule has 1 rings (SSSR count). The van der Waals surface area contributed by atoms with Crippen molar-refractivity contribution >= 4 is 6.03 Å². The van der Waals surface area contributed by atoms with Gasteiger partial charge in [-0.2, -0.15) is 0 Å². The minimum absolute atomic E-state index is 0.105. The number of hydrogen-bond donors (Lipinski definition) is 3. The molecule has 0 saturated heterocycles. The molecule has 82 valence electrons. The first-order chi connectivity index (χ1) is 7.20. The predicted octanol–water partition coefficient (Wildman–Crippen LogP) is -0.204. The van der Waals surface area contributed by atoms with Gasteiger partial charge in [0.1, 0.15) is 0 Å². The van der Waals surface area contributed by atoms with Crippen LogP contribution in [0, 0.1) is 0 Å². The Morgan fingerprint density at radius 1 is 1.53 bits per heavy atom. The van der Waals surface area contributed by atoms with Crippen LogP contribution in [0.2, 0.25) is 0 Å². The Hall–Kier alpha value is -1.69. The highest BCUT2D eigenvalue weighted by atomic mass is 16.2. The molecule has 1 unspecified atom stereocenters. The predicted molar refractivity (Wildman–Crippen MR) is 56.0 cm³/mol. The van der Waals surface area contributed by atoms with Crippen LogP contribution in [0.5, 0.6) is 0 Å². The van der Waals surface area contributed by atoms with Gasteiger partial charge in [0.15, 0.2) is 0 Å². The van der Waals surface area contributed by atoms with Crippen molar-refractivity contribution in [3.05, 3.63) is 24.3 Å². The lowest BCUT2D eigenvalue weighted by Crippen LogP contribution is -2.36. The number of nitrogens with zero attached hydrogens (tertiary/aromatic N) is 2. The molecule has 0 spiro atoms. The van der Waals surface area contributed by atoms with Crippen molar-refractivity contribution in [3.63, 3.8) is 0 Å². The Morgan fingerprint density at radius 3 is 2.93 bits per heavy atom. The van der Waals surface area contributed by atoms with Gasteiger partial charge < -0.3 is 16.4 Å². The SMILES string of the molecule is CC(NCCNC(N)=O)c1cnccn1. The lowest BCUT2D eigenvalue weighted by molar-refractivity contribution is 0.249. The van der Waals surface area contributed by atoms with E-state index < -0.39 is 6.03 Å². The summed E-state index contributed by atoms with van der Waals surface area (Å²) in [5.41, 5.74) is 5.79. The van der Waals surface area contributed by atoms with Crippen molar-refractivity contribution < 1.29 is 4.79 Å². The highest BCUT2D eigenvalue weighted by Gasteiger charge is 2.04. The van der Waals surface area contributed by atoms with Crippen LogP contribution in [-0.2, 0) is 0 Å². The quantitative estimate of drug-likeness (QED) is 0.585. The first-order valence-electron chi connectivity index (χ1n) is 4.72. The molecule has 0 bridgehead atoms. The maximum absolute atomic E-state index is 10.4. The lowest BCUT2D eigenvalue weighted by atomic mass is 10.2. The molecule has 2 amide bonds. The average Bonchev–Trinajstić information content (AvgIpc) is 2.25. The lowest BCUT2D eigenvalue weighted by Gasteiger charge is -2.12. The van der Waals surface area contributed by atoms with Crippen LogP contribution in [0.1, 0.15) is 18.7 Å². The van der Waals surface area contributed by atoms with E-state index in [-0.39, 0.29) is 6.04 Å². The molecular formula is C9H15N5O.